The van der Waals surface area contributed by atoms with E-state index in [9.17, 15) is 4.79 Å². The van der Waals surface area contributed by atoms with Crippen molar-refractivity contribution in [2.24, 2.45) is 10.9 Å². The number of likely N-dealkylation sites (N-methyl/N-ethyl adjacent to an activating group) is 1. The van der Waals surface area contributed by atoms with E-state index in [1.165, 1.54) is 0 Å². The third kappa shape index (κ3) is 4.24. The topological polar surface area (TPSA) is 91.0 Å². The minimum Gasteiger partial charge on any atom is -0.409 e. The minimum absolute atomic E-state index is 0.0702. The predicted molar refractivity (Wildman–Crippen MR) is 78.6 cm³/mol. The molecule has 0 spiro atoms. The van der Waals surface area contributed by atoms with Crippen LogP contribution >= 0.6 is 0 Å². The molecule has 0 bridgehead atoms. The molecule has 1 aromatic carbocycles. The fourth-order valence-electron chi connectivity index (χ4n) is 1.70. The van der Waals surface area contributed by atoms with E-state index in [1.807, 2.05) is 26.0 Å². The predicted octanol–water partition coefficient (Wildman–Crippen LogP) is 0.738. The van der Waals surface area contributed by atoms with Crippen molar-refractivity contribution < 1.29 is 10.0 Å². The van der Waals surface area contributed by atoms with Crippen LogP contribution < -0.4 is 11.1 Å². The van der Waals surface area contributed by atoms with Crippen molar-refractivity contribution in [3.05, 3.63) is 35.4 Å². The largest absolute Gasteiger partial charge is 0.409 e. The van der Waals surface area contributed by atoms with Gasteiger partial charge in [-0.2, -0.15) is 0 Å². The molecule has 20 heavy (non-hydrogen) atoms. The lowest BCUT2D eigenvalue weighted by atomic mass is 10.1. The van der Waals surface area contributed by atoms with Gasteiger partial charge in [-0.25, -0.2) is 0 Å². The van der Waals surface area contributed by atoms with Crippen LogP contribution in [0.1, 0.15) is 25.0 Å². The summed E-state index contributed by atoms with van der Waals surface area (Å²) in [4.78, 5) is 13.6. The number of nitrogens with one attached hydrogen (secondary N) is 1. The second kappa shape index (κ2) is 7.49. The van der Waals surface area contributed by atoms with Crippen LogP contribution in [0.15, 0.2) is 29.4 Å². The molecule has 6 nitrogen and oxygen atoms in total. The quantitative estimate of drug-likeness (QED) is 0.310. The number of carbonyl (C=O) groups is 1. The van der Waals surface area contributed by atoms with E-state index in [0.717, 1.165) is 5.56 Å². The van der Waals surface area contributed by atoms with Gasteiger partial charge in [-0.3, -0.25) is 4.79 Å². The van der Waals surface area contributed by atoms with Crippen molar-refractivity contribution in [2.75, 3.05) is 13.6 Å². The number of carbonyl (C=O) groups excluding carboxylic acids is 1. The fourth-order valence-corrected chi connectivity index (χ4v) is 1.70. The average Bonchev–Trinajstić information content (AvgIpc) is 2.50. The molecule has 0 saturated carbocycles. The Morgan fingerprint density at radius 2 is 2.05 bits per heavy atom. The molecule has 0 aliphatic rings. The number of benzene rings is 1. The summed E-state index contributed by atoms with van der Waals surface area (Å²) in [6.45, 7) is 5.07. The summed E-state index contributed by atoms with van der Waals surface area (Å²) >= 11 is 0. The number of nitrogens with two attached hydrogens (primary N) is 1. The highest BCUT2D eigenvalue weighted by Crippen LogP contribution is 2.05. The van der Waals surface area contributed by atoms with Gasteiger partial charge in [-0.1, -0.05) is 29.4 Å². The van der Waals surface area contributed by atoms with Gasteiger partial charge in [0.05, 0.1) is 6.04 Å². The molecule has 6 heteroatoms. The van der Waals surface area contributed by atoms with Crippen LogP contribution in [-0.2, 0) is 11.3 Å². The minimum atomic E-state index is -0.233. The number of oxime groups is 1. The molecule has 0 aromatic heterocycles. The van der Waals surface area contributed by atoms with Crippen LogP contribution in [0.4, 0.5) is 0 Å². The lowest BCUT2D eigenvalue weighted by molar-refractivity contribution is -0.131. The fraction of sp³-hybridized carbons (Fsp3) is 0.429. The first-order chi connectivity index (χ1) is 9.49. The van der Waals surface area contributed by atoms with Crippen molar-refractivity contribution >= 4 is 11.7 Å². The maximum atomic E-state index is 11.9. The summed E-state index contributed by atoms with van der Waals surface area (Å²) in [5.41, 5.74) is 7.17. The Balaban J connectivity index is 2.56. The lowest BCUT2D eigenvalue weighted by Gasteiger charge is -2.20. The Bertz CT molecular complexity index is 471. The second-order valence-electron chi connectivity index (χ2n) is 4.64. The number of hydrogen-bond acceptors (Lipinski definition) is 4. The van der Waals surface area contributed by atoms with Crippen molar-refractivity contribution in [3.63, 3.8) is 0 Å². The van der Waals surface area contributed by atoms with E-state index in [0.29, 0.717) is 18.7 Å². The highest BCUT2D eigenvalue weighted by atomic mass is 16.4. The molecule has 1 unspecified atom stereocenters. The zero-order chi connectivity index (χ0) is 15.1. The molecule has 0 fully saturated rings. The van der Waals surface area contributed by atoms with E-state index in [1.54, 1.807) is 24.1 Å². The Labute approximate surface area is 119 Å². The summed E-state index contributed by atoms with van der Waals surface area (Å²) in [7, 11) is 1.78. The highest BCUT2D eigenvalue weighted by molar-refractivity contribution is 5.96. The van der Waals surface area contributed by atoms with Crippen molar-refractivity contribution in [3.8, 4) is 0 Å². The third-order valence-corrected chi connectivity index (χ3v) is 3.19. The Hall–Kier alpha value is -2.08. The second-order valence-corrected chi connectivity index (χ2v) is 4.64. The van der Waals surface area contributed by atoms with Gasteiger partial charge in [-0.15, -0.1) is 0 Å². The lowest BCUT2D eigenvalue weighted by Crippen LogP contribution is -2.42. The van der Waals surface area contributed by atoms with Gasteiger partial charge in [0, 0.05) is 25.7 Å². The van der Waals surface area contributed by atoms with Gasteiger partial charge < -0.3 is 21.2 Å². The third-order valence-electron chi connectivity index (χ3n) is 3.19. The van der Waals surface area contributed by atoms with Gasteiger partial charge in [0.2, 0.25) is 5.91 Å². The summed E-state index contributed by atoms with van der Waals surface area (Å²) in [6, 6.07) is 7.07. The summed E-state index contributed by atoms with van der Waals surface area (Å²) < 4.78 is 0. The van der Waals surface area contributed by atoms with Gasteiger partial charge in [0.1, 0.15) is 0 Å². The molecule has 0 radical (unpaired) electrons. The average molecular weight is 278 g/mol. The zero-order valence-electron chi connectivity index (χ0n) is 12.1. The standard InChI is InChI=1S/C14H22N4O2/c1-4-18(3)14(19)10(2)16-9-11-5-7-12(8-6-11)13(15)17-20/h5-8,10,16,20H,4,9H2,1-3H3,(H2,15,17). The normalized spacial score (nSPS) is 13.1. The Kier molecular flexibility index (Phi) is 5.99. The summed E-state index contributed by atoms with van der Waals surface area (Å²) in [6.07, 6.45) is 0. The zero-order valence-corrected chi connectivity index (χ0v) is 12.1. The van der Waals surface area contributed by atoms with Crippen LogP contribution in [0.3, 0.4) is 0 Å². The van der Waals surface area contributed by atoms with E-state index in [2.05, 4.69) is 10.5 Å². The van der Waals surface area contributed by atoms with Crippen LogP contribution in [-0.4, -0.2) is 41.5 Å². The number of hydrogen-bond donors (Lipinski definition) is 3. The maximum Gasteiger partial charge on any atom is 0.239 e. The highest BCUT2D eigenvalue weighted by Gasteiger charge is 2.15. The molecule has 1 rings (SSSR count). The molecule has 0 aliphatic heterocycles. The number of nitrogens with zero attached hydrogens (tertiary/aromatic N) is 2. The molecular weight excluding hydrogens is 256 g/mol. The molecule has 0 saturated heterocycles. The molecule has 4 N–H and O–H groups in total. The van der Waals surface area contributed by atoms with E-state index in [4.69, 9.17) is 10.9 Å². The number of amidine groups is 1. The van der Waals surface area contributed by atoms with Gasteiger partial charge >= 0.3 is 0 Å². The molecule has 110 valence electrons. The molecule has 1 amide bonds. The molecular formula is C14H22N4O2. The van der Waals surface area contributed by atoms with Crippen LogP contribution in [0.25, 0.3) is 0 Å². The van der Waals surface area contributed by atoms with Crippen molar-refractivity contribution in [2.45, 2.75) is 26.4 Å². The van der Waals surface area contributed by atoms with Crippen LogP contribution in [0.2, 0.25) is 0 Å². The first-order valence-electron chi connectivity index (χ1n) is 6.54. The molecule has 1 atom stereocenters. The smallest absolute Gasteiger partial charge is 0.239 e. The van der Waals surface area contributed by atoms with Crippen LogP contribution in [0, 0.1) is 0 Å². The number of rotatable bonds is 6. The Morgan fingerprint density at radius 3 is 2.55 bits per heavy atom. The summed E-state index contributed by atoms with van der Waals surface area (Å²) in [5, 5.41) is 14.7. The van der Waals surface area contributed by atoms with Gasteiger partial charge in [-0.05, 0) is 19.4 Å². The summed E-state index contributed by atoms with van der Waals surface area (Å²) in [5.74, 6) is 0.151. The first kappa shape index (κ1) is 16.0. The Morgan fingerprint density at radius 1 is 1.45 bits per heavy atom. The van der Waals surface area contributed by atoms with E-state index < -0.39 is 0 Å². The number of amides is 1. The van der Waals surface area contributed by atoms with Gasteiger partial charge in [0.15, 0.2) is 5.84 Å². The van der Waals surface area contributed by atoms with Crippen molar-refractivity contribution in [1.29, 1.82) is 0 Å². The van der Waals surface area contributed by atoms with Gasteiger partial charge in [0.25, 0.3) is 0 Å². The molecule has 1 aromatic rings. The maximum absolute atomic E-state index is 11.9. The van der Waals surface area contributed by atoms with Crippen molar-refractivity contribution in [1.82, 2.24) is 10.2 Å². The van der Waals surface area contributed by atoms with E-state index in [-0.39, 0.29) is 17.8 Å². The molecule has 0 heterocycles. The SMILES string of the molecule is CCN(C)C(=O)C(C)NCc1ccc(/C(N)=N/O)cc1. The van der Waals surface area contributed by atoms with E-state index >= 15 is 0 Å². The van der Waals surface area contributed by atoms with Crippen LogP contribution in [0.5, 0.6) is 0 Å². The monoisotopic (exact) mass is 278 g/mol. The molecule has 0 aliphatic carbocycles. The first-order valence-corrected chi connectivity index (χ1v) is 6.54.